The van der Waals surface area contributed by atoms with Crippen molar-refractivity contribution in [2.24, 2.45) is 0 Å². The Balaban J connectivity index is 0.00000243. The third-order valence-electron chi connectivity index (χ3n) is 4.36. The van der Waals surface area contributed by atoms with E-state index >= 15 is 0 Å². The molecule has 0 N–H and O–H groups in total. The van der Waals surface area contributed by atoms with E-state index in [1.165, 1.54) is 0 Å². The zero-order chi connectivity index (χ0) is 17.5. The molecule has 136 valence electrons. The zero-order valence-electron chi connectivity index (χ0n) is 14.8. The summed E-state index contributed by atoms with van der Waals surface area (Å²) in [6.07, 6.45) is 0.814. The van der Waals surface area contributed by atoms with Crippen molar-refractivity contribution in [3.8, 4) is 0 Å². The molecule has 0 bridgehead atoms. The average Bonchev–Trinajstić information content (AvgIpc) is 2.69. The normalized spacial score (nSPS) is 11.3. The predicted octanol–water partition coefficient (Wildman–Crippen LogP) is 4.84. The molecule has 3 rings (SSSR count). The molecular formula is C22H24BrO2P. The molecule has 4 heteroatoms. The first-order valence-corrected chi connectivity index (χ1v) is 10.6. The molecule has 0 amide bonds. The van der Waals surface area contributed by atoms with Gasteiger partial charge < -0.3 is 0 Å². The van der Waals surface area contributed by atoms with Crippen molar-refractivity contribution in [3.63, 3.8) is 0 Å². The van der Waals surface area contributed by atoms with Gasteiger partial charge in [0.1, 0.15) is 0 Å². The van der Waals surface area contributed by atoms with Crippen molar-refractivity contribution >= 4 is 45.9 Å². The molecule has 0 saturated carbocycles. The Hall–Kier alpha value is -1.96. The van der Waals surface area contributed by atoms with Crippen LogP contribution >= 0.6 is 24.2 Å². The van der Waals surface area contributed by atoms with Crippen LogP contribution in [0.15, 0.2) is 91.0 Å². The van der Waals surface area contributed by atoms with Crippen LogP contribution in [-0.4, -0.2) is 12.3 Å². The molecule has 0 unspecified atom stereocenters. The second-order valence-corrected chi connectivity index (χ2v) is 9.62. The van der Waals surface area contributed by atoms with Gasteiger partial charge in [-0.25, -0.2) is 0 Å². The standard InChI is InChI=1S/C22H23O2P.BrH/c1-2-18-24-22(23)25(19-12-6-3-7-13-19,20-14-8-4-9-15-20)21-16-10-5-11-17-21;/h3-17,25H,2,18H2,1H3;1H. The van der Waals surface area contributed by atoms with Gasteiger partial charge in [0.2, 0.25) is 0 Å². The van der Waals surface area contributed by atoms with Crippen LogP contribution in [-0.2, 0) is 4.74 Å². The third-order valence-corrected chi connectivity index (χ3v) is 8.72. The Morgan fingerprint density at radius 1 is 0.731 bits per heavy atom. The molecule has 0 aliphatic rings. The van der Waals surface area contributed by atoms with Crippen LogP contribution in [0.2, 0.25) is 0 Å². The summed E-state index contributed by atoms with van der Waals surface area (Å²) < 4.78 is 5.74. The molecule has 0 aliphatic heterocycles. The number of halogens is 1. The quantitative estimate of drug-likeness (QED) is 0.523. The molecule has 2 nitrogen and oxygen atoms in total. The molecule has 26 heavy (non-hydrogen) atoms. The van der Waals surface area contributed by atoms with Gasteiger partial charge in [-0.3, -0.25) is 0 Å². The molecule has 0 saturated heterocycles. The fraction of sp³-hybridized carbons (Fsp3) is 0.136. The number of hydrogen-bond acceptors (Lipinski definition) is 2. The number of carbonyl (C=O) groups is 1. The molecule has 0 radical (unpaired) electrons. The summed E-state index contributed by atoms with van der Waals surface area (Å²) in [7, 11) is -2.93. The van der Waals surface area contributed by atoms with E-state index in [0.717, 1.165) is 22.3 Å². The number of benzene rings is 3. The molecule has 0 spiro atoms. The van der Waals surface area contributed by atoms with E-state index in [4.69, 9.17) is 4.74 Å². The summed E-state index contributed by atoms with van der Waals surface area (Å²) in [6, 6.07) is 30.3. The molecule has 3 aromatic rings. The summed E-state index contributed by atoms with van der Waals surface area (Å²) in [6.45, 7) is 2.46. The van der Waals surface area contributed by atoms with Crippen LogP contribution in [0.3, 0.4) is 0 Å². The predicted molar refractivity (Wildman–Crippen MR) is 119 cm³/mol. The Kier molecular flexibility index (Phi) is 7.56. The molecular weight excluding hydrogens is 407 g/mol. The zero-order valence-corrected chi connectivity index (χ0v) is 17.5. The summed E-state index contributed by atoms with van der Waals surface area (Å²) in [5, 5.41) is 3.15. The van der Waals surface area contributed by atoms with Gasteiger partial charge in [0.15, 0.2) is 0 Å². The maximum absolute atomic E-state index is 13.5. The molecule has 0 heterocycles. The monoisotopic (exact) mass is 430 g/mol. The van der Waals surface area contributed by atoms with Gasteiger partial charge in [-0.1, -0.05) is 0 Å². The van der Waals surface area contributed by atoms with Gasteiger partial charge in [0.05, 0.1) is 0 Å². The summed E-state index contributed by atoms with van der Waals surface area (Å²) >= 11 is 0. The maximum atomic E-state index is 13.5. The minimum atomic E-state index is -2.93. The second-order valence-electron chi connectivity index (χ2n) is 5.98. The number of ether oxygens (including phenoxy) is 1. The van der Waals surface area contributed by atoms with E-state index in [9.17, 15) is 4.79 Å². The van der Waals surface area contributed by atoms with Gasteiger partial charge in [0.25, 0.3) is 0 Å². The molecule has 0 aliphatic carbocycles. The topological polar surface area (TPSA) is 26.3 Å². The van der Waals surface area contributed by atoms with Gasteiger partial charge in [0, 0.05) is 0 Å². The SMILES string of the molecule is Br.CCCOC(=O)[PH](c1ccccc1)(c1ccccc1)c1ccccc1. The van der Waals surface area contributed by atoms with E-state index in [1.54, 1.807) is 0 Å². The van der Waals surface area contributed by atoms with Crippen LogP contribution in [0.25, 0.3) is 0 Å². The molecule has 3 aromatic carbocycles. The fourth-order valence-corrected chi connectivity index (χ4v) is 7.32. The molecule has 0 fully saturated rings. The van der Waals surface area contributed by atoms with Crippen LogP contribution in [0.4, 0.5) is 4.79 Å². The van der Waals surface area contributed by atoms with Gasteiger partial charge in [-0.05, 0) is 0 Å². The van der Waals surface area contributed by atoms with Crippen LogP contribution < -0.4 is 15.9 Å². The van der Waals surface area contributed by atoms with E-state index in [1.807, 2.05) is 61.5 Å². The van der Waals surface area contributed by atoms with E-state index < -0.39 is 7.26 Å². The van der Waals surface area contributed by atoms with E-state index in [0.29, 0.717) is 6.61 Å². The Morgan fingerprint density at radius 2 is 1.08 bits per heavy atom. The van der Waals surface area contributed by atoms with E-state index in [-0.39, 0.29) is 22.7 Å². The van der Waals surface area contributed by atoms with Crippen LogP contribution in [0.1, 0.15) is 13.3 Å². The first-order chi connectivity index (χ1) is 12.3. The van der Waals surface area contributed by atoms with Crippen molar-refractivity contribution < 1.29 is 9.53 Å². The Bertz CT molecular complexity index is 711. The Morgan fingerprint density at radius 3 is 1.38 bits per heavy atom. The fourth-order valence-electron chi connectivity index (χ4n) is 3.22. The van der Waals surface area contributed by atoms with Crippen molar-refractivity contribution in [3.05, 3.63) is 91.0 Å². The molecule has 0 atom stereocenters. The van der Waals surface area contributed by atoms with Crippen molar-refractivity contribution in [1.29, 1.82) is 0 Å². The number of carbonyl (C=O) groups excluding carboxylic acids is 1. The first-order valence-electron chi connectivity index (χ1n) is 8.64. The van der Waals surface area contributed by atoms with Gasteiger partial charge in [-0.2, -0.15) is 0 Å². The number of rotatable bonds is 6. The third kappa shape index (κ3) is 3.90. The minimum absolute atomic E-state index is 0. The van der Waals surface area contributed by atoms with E-state index in [2.05, 4.69) is 36.4 Å². The van der Waals surface area contributed by atoms with Gasteiger partial charge >= 0.3 is 149 Å². The molecule has 0 aromatic heterocycles. The first kappa shape index (κ1) is 20.4. The van der Waals surface area contributed by atoms with Crippen molar-refractivity contribution in [2.75, 3.05) is 6.61 Å². The Labute approximate surface area is 166 Å². The van der Waals surface area contributed by atoms with Gasteiger partial charge in [-0.15, -0.1) is 17.0 Å². The van der Waals surface area contributed by atoms with Crippen LogP contribution in [0.5, 0.6) is 0 Å². The number of hydrogen-bond donors (Lipinski definition) is 0. The van der Waals surface area contributed by atoms with Crippen molar-refractivity contribution in [1.82, 2.24) is 0 Å². The summed E-state index contributed by atoms with van der Waals surface area (Å²) in [4.78, 5) is 13.5. The summed E-state index contributed by atoms with van der Waals surface area (Å²) in [5.41, 5.74) is -0.0991. The average molecular weight is 431 g/mol. The second kappa shape index (κ2) is 9.66. The van der Waals surface area contributed by atoms with Crippen LogP contribution in [0, 0.1) is 0 Å². The van der Waals surface area contributed by atoms with Crippen molar-refractivity contribution in [2.45, 2.75) is 13.3 Å². The summed E-state index contributed by atoms with van der Waals surface area (Å²) in [5.74, 6) is 0.